The Morgan fingerprint density at radius 3 is 2.67 bits per heavy atom. The second-order valence-corrected chi connectivity index (χ2v) is 2.63. The SMILES string of the molecule is O=C/C=C/c1cc(F)cc(Cl)c1. The fourth-order valence-corrected chi connectivity index (χ4v) is 1.05. The number of hydrogen-bond donors (Lipinski definition) is 0. The summed E-state index contributed by atoms with van der Waals surface area (Å²) in [6.45, 7) is 0. The van der Waals surface area contributed by atoms with Gasteiger partial charge in [-0.2, -0.15) is 0 Å². The number of hydrogen-bond acceptors (Lipinski definition) is 1. The zero-order chi connectivity index (χ0) is 8.97. The maximum absolute atomic E-state index is 12.6. The molecule has 0 N–H and O–H groups in total. The summed E-state index contributed by atoms with van der Waals surface area (Å²) in [5.41, 5.74) is 0.576. The first-order chi connectivity index (χ1) is 5.72. The van der Waals surface area contributed by atoms with E-state index in [1.807, 2.05) is 0 Å². The van der Waals surface area contributed by atoms with Gasteiger partial charge in [0.25, 0.3) is 0 Å². The molecule has 0 heterocycles. The molecule has 1 aromatic rings. The van der Waals surface area contributed by atoms with Gasteiger partial charge in [0, 0.05) is 5.02 Å². The molecule has 3 heteroatoms. The largest absolute Gasteiger partial charge is 0.299 e. The lowest BCUT2D eigenvalue weighted by Crippen LogP contribution is -1.77. The second-order valence-electron chi connectivity index (χ2n) is 2.20. The molecule has 0 unspecified atom stereocenters. The minimum absolute atomic E-state index is 0.320. The predicted octanol–water partition coefficient (Wildman–Crippen LogP) is 2.69. The van der Waals surface area contributed by atoms with Crippen LogP contribution in [-0.2, 0) is 4.79 Å². The van der Waals surface area contributed by atoms with Gasteiger partial charge in [0.2, 0.25) is 0 Å². The molecule has 1 aromatic carbocycles. The van der Waals surface area contributed by atoms with Crippen molar-refractivity contribution in [2.75, 3.05) is 0 Å². The van der Waals surface area contributed by atoms with Crippen LogP contribution in [0.5, 0.6) is 0 Å². The van der Waals surface area contributed by atoms with Crippen molar-refractivity contribution in [1.29, 1.82) is 0 Å². The van der Waals surface area contributed by atoms with Gasteiger partial charge in [0.05, 0.1) is 0 Å². The van der Waals surface area contributed by atoms with Gasteiger partial charge in [0.15, 0.2) is 0 Å². The summed E-state index contributed by atoms with van der Waals surface area (Å²) in [6.07, 6.45) is 3.39. The lowest BCUT2D eigenvalue weighted by molar-refractivity contribution is -0.104. The fourth-order valence-electron chi connectivity index (χ4n) is 0.822. The van der Waals surface area contributed by atoms with Crippen molar-refractivity contribution >= 4 is 24.0 Å². The fraction of sp³-hybridized carbons (Fsp3) is 0. The number of carbonyl (C=O) groups excluding carboxylic acids is 1. The van der Waals surface area contributed by atoms with E-state index in [1.165, 1.54) is 24.3 Å². The van der Waals surface area contributed by atoms with Crippen LogP contribution >= 0.6 is 11.6 Å². The Labute approximate surface area is 74.5 Å². The van der Waals surface area contributed by atoms with Gasteiger partial charge in [-0.15, -0.1) is 0 Å². The van der Waals surface area contributed by atoms with Crippen molar-refractivity contribution in [2.45, 2.75) is 0 Å². The molecule has 12 heavy (non-hydrogen) atoms. The Morgan fingerprint density at radius 1 is 1.33 bits per heavy atom. The highest BCUT2D eigenvalue weighted by Gasteiger charge is 1.94. The molecule has 1 rings (SSSR count). The van der Waals surface area contributed by atoms with Crippen molar-refractivity contribution in [3.63, 3.8) is 0 Å². The first kappa shape index (κ1) is 8.94. The van der Waals surface area contributed by atoms with E-state index in [4.69, 9.17) is 11.6 Å². The molecule has 0 spiro atoms. The number of carbonyl (C=O) groups is 1. The first-order valence-electron chi connectivity index (χ1n) is 3.30. The van der Waals surface area contributed by atoms with Crippen LogP contribution < -0.4 is 0 Å². The second kappa shape index (κ2) is 4.02. The molecule has 0 aliphatic heterocycles. The standard InChI is InChI=1S/C9H6ClFO/c10-8-4-7(2-1-3-12)5-9(11)6-8/h1-6H/b2-1+. The maximum Gasteiger partial charge on any atom is 0.142 e. The Kier molecular flexibility index (Phi) is 3.00. The summed E-state index contributed by atoms with van der Waals surface area (Å²) in [7, 11) is 0. The normalized spacial score (nSPS) is 10.5. The lowest BCUT2D eigenvalue weighted by Gasteiger charge is -1.94. The molecule has 0 aromatic heterocycles. The monoisotopic (exact) mass is 184 g/mol. The maximum atomic E-state index is 12.6. The molecular weight excluding hydrogens is 179 g/mol. The molecule has 0 atom stereocenters. The highest BCUT2D eigenvalue weighted by Crippen LogP contribution is 2.14. The Morgan fingerprint density at radius 2 is 2.08 bits per heavy atom. The third kappa shape index (κ3) is 2.47. The summed E-state index contributed by atoms with van der Waals surface area (Å²) < 4.78 is 12.6. The van der Waals surface area contributed by atoms with E-state index in [1.54, 1.807) is 6.07 Å². The van der Waals surface area contributed by atoms with E-state index in [-0.39, 0.29) is 0 Å². The first-order valence-corrected chi connectivity index (χ1v) is 3.68. The quantitative estimate of drug-likeness (QED) is 0.510. The zero-order valence-corrected chi connectivity index (χ0v) is 6.88. The molecule has 0 aliphatic rings. The Bertz CT molecular complexity index is 300. The van der Waals surface area contributed by atoms with Gasteiger partial charge in [0.1, 0.15) is 12.1 Å². The van der Waals surface area contributed by atoms with Gasteiger partial charge in [-0.25, -0.2) is 4.39 Å². The van der Waals surface area contributed by atoms with Crippen LogP contribution in [0.15, 0.2) is 24.3 Å². The van der Waals surface area contributed by atoms with Gasteiger partial charge in [-0.3, -0.25) is 4.79 Å². The molecule has 0 saturated heterocycles. The number of benzene rings is 1. The third-order valence-electron chi connectivity index (χ3n) is 1.25. The van der Waals surface area contributed by atoms with E-state index in [0.717, 1.165) is 0 Å². The molecule has 1 nitrogen and oxygen atoms in total. The van der Waals surface area contributed by atoms with Crippen molar-refractivity contribution in [3.8, 4) is 0 Å². The van der Waals surface area contributed by atoms with Gasteiger partial charge in [-0.1, -0.05) is 17.7 Å². The molecule has 0 saturated carbocycles. The highest BCUT2D eigenvalue weighted by atomic mass is 35.5. The Balaban J connectivity index is 3.00. The van der Waals surface area contributed by atoms with E-state index < -0.39 is 5.82 Å². The van der Waals surface area contributed by atoms with E-state index >= 15 is 0 Å². The molecule has 0 amide bonds. The smallest absolute Gasteiger partial charge is 0.142 e. The van der Waals surface area contributed by atoms with Gasteiger partial charge in [-0.05, 0) is 29.8 Å². The van der Waals surface area contributed by atoms with Crippen molar-refractivity contribution in [1.82, 2.24) is 0 Å². The third-order valence-corrected chi connectivity index (χ3v) is 1.47. The molecule has 62 valence electrons. The average Bonchev–Trinajstić information content (AvgIpc) is 1.99. The van der Waals surface area contributed by atoms with Crippen LogP contribution in [0.3, 0.4) is 0 Å². The number of rotatable bonds is 2. The highest BCUT2D eigenvalue weighted by molar-refractivity contribution is 6.30. The summed E-state index contributed by atoms with van der Waals surface area (Å²) in [4.78, 5) is 9.93. The summed E-state index contributed by atoms with van der Waals surface area (Å²) in [6, 6.07) is 4.08. The van der Waals surface area contributed by atoms with Gasteiger partial charge >= 0.3 is 0 Å². The van der Waals surface area contributed by atoms with Crippen LogP contribution in [0.2, 0.25) is 5.02 Å². The van der Waals surface area contributed by atoms with Crippen LogP contribution in [0, 0.1) is 5.82 Å². The van der Waals surface area contributed by atoms with Crippen LogP contribution in [0.4, 0.5) is 4.39 Å². The van der Waals surface area contributed by atoms with E-state index in [0.29, 0.717) is 16.9 Å². The summed E-state index contributed by atoms with van der Waals surface area (Å²) >= 11 is 5.57. The van der Waals surface area contributed by atoms with E-state index in [9.17, 15) is 9.18 Å². The predicted molar refractivity (Wildman–Crippen MR) is 46.5 cm³/mol. The molecular formula is C9H6ClFO. The number of aldehydes is 1. The lowest BCUT2D eigenvalue weighted by atomic mass is 10.2. The molecule has 0 radical (unpaired) electrons. The van der Waals surface area contributed by atoms with Gasteiger partial charge < -0.3 is 0 Å². The molecule has 0 bridgehead atoms. The summed E-state index contributed by atoms with van der Waals surface area (Å²) in [5, 5.41) is 0.320. The van der Waals surface area contributed by atoms with E-state index in [2.05, 4.69) is 0 Å². The van der Waals surface area contributed by atoms with Crippen molar-refractivity contribution in [2.24, 2.45) is 0 Å². The van der Waals surface area contributed by atoms with Crippen LogP contribution in [0.1, 0.15) is 5.56 Å². The van der Waals surface area contributed by atoms with Crippen molar-refractivity contribution in [3.05, 3.63) is 40.7 Å². The Hall–Kier alpha value is -1.15. The van der Waals surface area contributed by atoms with Crippen LogP contribution in [-0.4, -0.2) is 6.29 Å². The summed E-state index contributed by atoms with van der Waals surface area (Å²) in [5.74, 6) is -0.409. The minimum atomic E-state index is -0.409. The number of halogens is 2. The zero-order valence-electron chi connectivity index (χ0n) is 6.13. The topological polar surface area (TPSA) is 17.1 Å². The average molecular weight is 185 g/mol. The molecule has 0 aliphatic carbocycles. The van der Waals surface area contributed by atoms with Crippen molar-refractivity contribution < 1.29 is 9.18 Å². The van der Waals surface area contributed by atoms with Crippen LogP contribution in [0.25, 0.3) is 6.08 Å². The molecule has 0 fully saturated rings. The number of allylic oxidation sites excluding steroid dienone is 1. The minimum Gasteiger partial charge on any atom is -0.299 e.